The highest BCUT2D eigenvalue weighted by atomic mass is 15.2. The Hall–Kier alpha value is -1.32. The predicted molar refractivity (Wildman–Crippen MR) is 80.3 cm³/mol. The van der Waals surface area contributed by atoms with Gasteiger partial charge in [-0.15, -0.1) is 0 Å². The lowest BCUT2D eigenvalue weighted by molar-refractivity contribution is 0.415. The standard InChI is InChI=1S/C15H26N4/c1-3-8-13-14(16)17-11-18-15(13)19(4-2)12-9-6-5-7-10-12/h11-12H,3-10H2,1-2H3,(H2,16,17,18). The van der Waals surface area contributed by atoms with Gasteiger partial charge >= 0.3 is 0 Å². The highest BCUT2D eigenvalue weighted by molar-refractivity contribution is 5.57. The van der Waals surface area contributed by atoms with E-state index in [0.717, 1.165) is 30.8 Å². The highest BCUT2D eigenvalue weighted by Gasteiger charge is 2.23. The van der Waals surface area contributed by atoms with Gasteiger partial charge in [0.25, 0.3) is 0 Å². The van der Waals surface area contributed by atoms with E-state index >= 15 is 0 Å². The van der Waals surface area contributed by atoms with E-state index in [0.29, 0.717) is 11.9 Å². The van der Waals surface area contributed by atoms with Gasteiger partial charge < -0.3 is 10.6 Å². The van der Waals surface area contributed by atoms with Gasteiger partial charge in [-0.25, -0.2) is 9.97 Å². The molecule has 1 saturated carbocycles. The number of aromatic nitrogens is 2. The molecule has 1 aliphatic carbocycles. The van der Waals surface area contributed by atoms with Crippen LogP contribution < -0.4 is 10.6 Å². The van der Waals surface area contributed by atoms with Crippen LogP contribution in [0.4, 0.5) is 11.6 Å². The Labute approximate surface area is 116 Å². The van der Waals surface area contributed by atoms with Crippen molar-refractivity contribution in [2.24, 2.45) is 0 Å². The lowest BCUT2D eigenvalue weighted by atomic mass is 9.93. The van der Waals surface area contributed by atoms with Crippen molar-refractivity contribution in [3.8, 4) is 0 Å². The van der Waals surface area contributed by atoms with E-state index in [-0.39, 0.29) is 0 Å². The summed E-state index contributed by atoms with van der Waals surface area (Å²) in [5, 5.41) is 0. The van der Waals surface area contributed by atoms with Crippen molar-refractivity contribution in [2.75, 3.05) is 17.2 Å². The molecule has 0 aliphatic heterocycles. The Bertz CT molecular complexity index is 399. The maximum absolute atomic E-state index is 6.05. The van der Waals surface area contributed by atoms with Crippen molar-refractivity contribution in [2.45, 2.75) is 64.8 Å². The van der Waals surface area contributed by atoms with Gasteiger partial charge in [0.05, 0.1) is 0 Å². The fraction of sp³-hybridized carbons (Fsp3) is 0.733. The maximum Gasteiger partial charge on any atom is 0.137 e. The fourth-order valence-corrected chi connectivity index (χ4v) is 3.13. The normalized spacial score (nSPS) is 16.5. The average molecular weight is 262 g/mol. The second kappa shape index (κ2) is 6.73. The molecule has 1 aromatic rings. The summed E-state index contributed by atoms with van der Waals surface area (Å²) in [6.07, 6.45) is 10.3. The number of nitrogens with zero attached hydrogens (tertiary/aromatic N) is 3. The van der Waals surface area contributed by atoms with Crippen LogP contribution in [0.1, 0.15) is 57.9 Å². The first-order valence-electron chi connectivity index (χ1n) is 7.63. The van der Waals surface area contributed by atoms with Crippen LogP contribution in [-0.4, -0.2) is 22.6 Å². The van der Waals surface area contributed by atoms with Crippen molar-refractivity contribution < 1.29 is 0 Å². The molecule has 1 aliphatic rings. The molecule has 19 heavy (non-hydrogen) atoms. The minimum Gasteiger partial charge on any atom is -0.383 e. The summed E-state index contributed by atoms with van der Waals surface area (Å²) in [6, 6.07) is 0.628. The van der Waals surface area contributed by atoms with Crippen LogP contribution in [0, 0.1) is 0 Å². The van der Waals surface area contributed by atoms with E-state index in [1.54, 1.807) is 6.33 Å². The molecule has 4 nitrogen and oxygen atoms in total. The number of anilines is 2. The van der Waals surface area contributed by atoms with Crippen LogP contribution in [0.2, 0.25) is 0 Å². The van der Waals surface area contributed by atoms with Gasteiger partial charge in [-0.05, 0) is 26.2 Å². The smallest absolute Gasteiger partial charge is 0.137 e. The third kappa shape index (κ3) is 3.17. The van der Waals surface area contributed by atoms with Crippen LogP contribution in [0.5, 0.6) is 0 Å². The summed E-state index contributed by atoms with van der Waals surface area (Å²) in [5.41, 5.74) is 7.19. The minimum atomic E-state index is 0.628. The zero-order valence-corrected chi connectivity index (χ0v) is 12.2. The second-order valence-electron chi connectivity index (χ2n) is 5.39. The fourth-order valence-electron chi connectivity index (χ4n) is 3.13. The summed E-state index contributed by atoms with van der Waals surface area (Å²) < 4.78 is 0. The Morgan fingerprint density at radius 1 is 1.21 bits per heavy atom. The number of hydrogen-bond acceptors (Lipinski definition) is 4. The maximum atomic E-state index is 6.05. The first kappa shape index (κ1) is 14.1. The molecule has 4 heteroatoms. The quantitative estimate of drug-likeness (QED) is 0.885. The predicted octanol–water partition coefficient (Wildman–Crippen LogP) is 3.17. The first-order valence-corrected chi connectivity index (χ1v) is 7.63. The third-order valence-electron chi connectivity index (χ3n) is 4.08. The number of rotatable bonds is 5. The number of nitrogens with two attached hydrogens (primary N) is 1. The topological polar surface area (TPSA) is 55.0 Å². The molecule has 2 rings (SSSR count). The molecule has 1 aromatic heterocycles. The van der Waals surface area contributed by atoms with Gasteiger partial charge in [0, 0.05) is 18.2 Å². The molecule has 0 amide bonds. The lowest BCUT2D eigenvalue weighted by Crippen LogP contribution is -2.38. The van der Waals surface area contributed by atoms with Crippen LogP contribution >= 0.6 is 0 Å². The summed E-state index contributed by atoms with van der Waals surface area (Å²) in [5.74, 6) is 1.73. The molecule has 1 heterocycles. The molecular weight excluding hydrogens is 236 g/mol. The highest BCUT2D eigenvalue weighted by Crippen LogP contribution is 2.30. The van der Waals surface area contributed by atoms with Crippen molar-refractivity contribution in [1.82, 2.24) is 9.97 Å². The Morgan fingerprint density at radius 3 is 2.58 bits per heavy atom. The van der Waals surface area contributed by atoms with E-state index < -0.39 is 0 Å². The van der Waals surface area contributed by atoms with Crippen LogP contribution in [0.15, 0.2) is 6.33 Å². The molecule has 0 saturated heterocycles. The molecular formula is C15H26N4. The zero-order chi connectivity index (χ0) is 13.7. The first-order chi connectivity index (χ1) is 9.27. The van der Waals surface area contributed by atoms with E-state index in [9.17, 15) is 0 Å². The Kier molecular flexibility index (Phi) is 5.00. The SMILES string of the molecule is CCCc1c(N)ncnc1N(CC)C1CCCCC1. The van der Waals surface area contributed by atoms with Crippen molar-refractivity contribution in [1.29, 1.82) is 0 Å². The summed E-state index contributed by atoms with van der Waals surface area (Å²) >= 11 is 0. The molecule has 0 radical (unpaired) electrons. The van der Waals surface area contributed by atoms with Gasteiger partial charge in [-0.3, -0.25) is 0 Å². The zero-order valence-electron chi connectivity index (χ0n) is 12.2. The van der Waals surface area contributed by atoms with Crippen molar-refractivity contribution >= 4 is 11.6 Å². The molecule has 0 unspecified atom stereocenters. The average Bonchev–Trinajstić information content (AvgIpc) is 2.44. The number of hydrogen-bond donors (Lipinski definition) is 1. The molecule has 0 bridgehead atoms. The van der Waals surface area contributed by atoms with Crippen molar-refractivity contribution in [3.05, 3.63) is 11.9 Å². The van der Waals surface area contributed by atoms with Gasteiger partial charge in [-0.1, -0.05) is 32.6 Å². The van der Waals surface area contributed by atoms with E-state index in [1.807, 2.05) is 0 Å². The molecule has 106 valence electrons. The monoisotopic (exact) mass is 262 g/mol. The summed E-state index contributed by atoms with van der Waals surface area (Å²) in [6.45, 7) is 5.38. The van der Waals surface area contributed by atoms with E-state index in [2.05, 4.69) is 28.7 Å². The second-order valence-corrected chi connectivity index (χ2v) is 5.39. The minimum absolute atomic E-state index is 0.628. The summed E-state index contributed by atoms with van der Waals surface area (Å²) in [7, 11) is 0. The van der Waals surface area contributed by atoms with Gasteiger partial charge in [0.2, 0.25) is 0 Å². The molecule has 0 aromatic carbocycles. The largest absolute Gasteiger partial charge is 0.383 e. The van der Waals surface area contributed by atoms with Crippen LogP contribution in [0.25, 0.3) is 0 Å². The molecule has 2 N–H and O–H groups in total. The molecule has 0 atom stereocenters. The number of nitrogen functional groups attached to an aromatic ring is 1. The molecule has 1 fully saturated rings. The Morgan fingerprint density at radius 2 is 1.95 bits per heavy atom. The third-order valence-corrected chi connectivity index (χ3v) is 4.08. The van der Waals surface area contributed by atoms with Crippen molar-refractivity contribution in [3.63, 3.8) is 0 Å². The lowest BCUT2D eigenvalue weighted by Gasteiger charge is -2.35. The van der Waals surface area contributed by atoms with Crippen LogP contribution in [-0.2, 0) is 6.42 Å². The van der Waals surface area contributed by atoms with E-state index in [1.165, 1.54) is 32.1 Å². The summed E-state index contributed by atoms with van der Waals surface area (Å²) in [4.78, 5) is 11.1. The van der Waals surface area contributed by atoms with E-state index in [4.69, 9.17) is 5.73 Å². The van der Waals surface area contributed by atoms with Gasteiger partial charge in [0.1, 0.15) is 18.0 Å². The molecule has 0 spiro atoms. The van der Waals surface area contributed by atoms with Crippen LogP contribution in [0.3, 0.4) is 0 Å². The van der Waals surface area contributed by atoms with Gasteiger partial charge in [-0.2, -0.15) is 0 Å². The van der Waals surface area contributed by atoms with Gasteiger partial charge in [0.15, 0.2) is 0 Å². The Balaban J connectivity index is 2.28.